The molecule has 2 nitrogen and oxygen atoms in total. The molecule has 104 valence electrons. The Bertz CT molecular complexity index is 742. The molecule has 0 saturated heterocycles. The SMILES string of the molecule is Cc1ccc(Cn2c(CCCl)nc3cccc(C)c32)s1. The first-order chi connectivity index (χ1) is 9.69. The van der Waals surface area contributed by atoms with E-state index >= 15 is 0 Å². The molecule has 0 radical (unpaired) electrons. The van der Waals surface area contributed by atoms with Crippen molar-refractivity contribution in [1.82, 2.24) is 9.55 Å². The molecule has 0 N–H and O–H groups in total. The maximum Gasteiger partial charge on any atom is 0.111 e. The van der Waals surface area contributed by atoms with E-state index in [1.165, 1.54) is 20.8 Å². The molecule has 0 bridgehead atoms. The minimum Gasteiger partial charge on any atom is -0.322 e. The van der Waals surface area contributed by atoms with Crippen LogP contribution in [0, 0.1) is 13.8 Å². The van der Waals surface area contributed by atoms with Crippen LogP contribution in [-0.2, 0) is 13.0 Å². The molecule has 0 atom stereocenters. The smallest absolute Gasteiger partial charge is 0.111 e. The molecule has 0 spiro atoms. The van der Waals surface area contributed by atoms with Gasteiger partial charge >= 0.3 is 0 Å². The molecule has 4 heteroatoms. The van der Waals surface area contributed by atoms with Gasteiger partial charge in [-0.3, -0.25) is 0 Å². The van der Waals surface area contributed by atoms with Gasteiger partial charge in [0.2, 0.25) is 0 Å². The van der Waals surface area contributed by atoms with E-state index in [4.69, 9.17) is 16.6 Å². The Labute approximate surface area is 128 Å². The number of nitrogens with zero attached hydrogens (tertiary/aromatic N) is 2. The van der Waals surface area contributed by atoms with E-state index in [1.54, 1.807) is 0 Å². The van der Waals surface area contributed by atoms with E-state index in [-0.39, 0.29) is 0 Å². The monoisotopic (exact) mass is 304 g/mol. The van der Waals surface area contributed by atoms with Crippen LogP contribution in [0.1, 0.15) is 21.1 Å². The maximum atomic E-state index is 5.93. The summed E-state index contributed by atoms with van der Waals surface area (Å²) >= 11 is 7.78. The van der Waals surface area contributed by atoms with Crippen LogP contribution in [0.4, 0.5) is 0 Å². The lowest BCUT2D eigenvalue weighted by Crippen LogP contribution is -2.05. The first kappa shape index (κ1) is 13.7. The van der Waals surface area contributed by atoms with Crippen LogP contribution < -0.4 is 0 Å². The van der Waals surface area contributed by atoms with Gasteiger partial charge in [-0.25, -0.2) is 4.98 Å². The summed E-state index contributed by atoms with van der Waals surface area (Å²) in [6.07, 6.45) is 0.806. The van der Waals surface area contributed by atoms with E-state index < -0.39 is 0 Å². The standard InChI is InChI=1S/C16H17ClN2S/c1-11-4-3-5-14-16(11)19(15(18-14)8-9-17)10-13-7-6-12(2)20-13/h3-7H,8-10H2,1-2H3. The molecule has 2 aromatic heterocycles. The summed E-state index contributed by atoms with van der Waals surface area (Å²) in [5, 5.41) is 0. The fourth-order valence-corrected chi connectivity index (χ4v) is 3.63. The van der Waals surface area contributed by atoms with Gasteiger partial charge in [0.1, 0.15) is 5.82 Å². The van der Waals surface area contributed by atoms with Crippen molar-refractivity contribution in [1.29, 1.82) is 0 Å². The van der Waals surface area contributed by atoms with E-state index in [1.807, 2.05) is 11.3 Å². The van der Waals surface area contributed by atoms with Crippen LogP contribution in [0.5, 0.6) is 0 Å². The number of imidazole rings is 1. The topological polar surface area (TPSA) is 17.8 Å². The minimum atomic E-state index is 0.603. The molecule has 3 rings (SSSR count). The van der Waals surface area contributed by atoms with Crippen LogP contribution in [-0.4, -0.2) is 15.4 Å². The Morgan fingerprint density at radius 2 is 2.05 bits per heavy atom. The number of rotatable bonds is 4. The third-order valence-corrected chi connectivity index (χ3v) is 4.65. The quantitative estimate of drug-likeness (QED) is 0.647. The first-order valence-electron chi connectivity index (χ1n) is 6.75. The van der Waals surface area contributed by atoms with Crippen LogP contribution in [0.25, 0.3) is 11.0 Å². The van der Waals surface area contributed by atoms with E-state index in [9.17, 15) is 0 Å². The summed E-state index contributed by atoms with van der Waals surface area (Å²) in [6.45, 7) is 5.17. The molecule has 0 saturated carbocycles. The van der Waals surface area contributed by atoms with Gasteiger partial charge in [-0.15, -0.1) is 22.9 Å². The predicted octanol–water partition coefficient (Wildman–Crippen LogP) is 4.54. The van der Waals surface area contributed by atoms with Crippen LogP contribution in [0.2, 0.25) is 0 Å². The highest BCUT2D eigenvalue weighted by Gasteiger charge is 2.13. The molecule has 0 aliphatic heterocycles. The Morgan fingerprint density at radius 3 is 2.75 bits per heavy atom. The van der Waals surface area contributed by atoms with Crippen molar-refractivity contribution in [2.45, 2.75) is 26.8 Å². The van der Waals surface area contributed by atoms with Gasteiger partial charge in [-0.1, -0.05) is 12.1 Å². The Hall–Kier alpha value is -1.32. The number of fused-ring (bicyclic) bond motifs is 1. The third-order valence-electron chi connectivity index (χ3n) is 3.48. The maximum absolute atomic E-state index is 5.93. The van der Waals surface area contributed by atoms with Crippen molar-refractivity contribution in [3.63, 3.8) is 0 Å². The third kappa shape index (κ3) is 2.48. The molecule has 0 unspecified atom stereocenters. The second kappa shape index (κ2) is 5.58. The van der Waals surface area contributed by atoms with Crippen molar-refractivity contribution in [3.05, 3.63) is 51.5 Å². The molecular weight excluding hydrogens is 288 g/mol. The van der Waals surface area contributed by atoms with Crippen LogP contribution in [0.15, 0.2) is 30.3 Å². The first-order valence-corrected chi connectivity index (χ1v) is 8.10. The van der Waals surface area contributed by atoms with Gasteiger partial charge in [-0.05, 0) is 37.6 Å². The minimum absolute atomic E-state index is 0.603. The van der Waals surface area contributed by atoms with Gasteiger partial charge in [0.15, 0.2) is 0 Å². The normalized spacial score (nSPS) is 11.3. The highest BCUT2D eigenvalue weighted by Crippen LogP contribution is 2.24. The zero-order valence-electron chi connectivity index (χ0n) is 11.7. The Kier molecular flexibility index (Phi) is 3.81. The zero-order valence-corrected chi connectivity index (χ0v) is 13.3. The summed E-state index contributed by atoms with van der Waals surface area (Å²) in [7, 11) is 0. The summed E-state index contributed by atoms with van der Waals surface area (Å²) in [4.78, 5) is 7.46. The lowest BCUT2D eigenvalue weighted by atomic mass is 10.2. The number of aryl methyl sites for hydroxylation is 3. The number of halogens is 1. The van der Waals surface area contributed by atoms with Crippen molar-refractivity contribution < 1.29 is 0 Å². The van der Waals surface area contributed by atoms with Crippen molar-refractivity contribution in [2.24, 2.45) is 0 Å². The van der Waals surface area contributed by atoms with Gasteiger partial charge in [0.25, 0.3) is 0 Å². The van der Waals surface area contributed by atoms with Crippen molar-refractivity contribution >= 4 is 34.0 Å². The predicted molar refractivity (Wildman–Crippen MR) is 87.1 cm³/mol. The van der Waals surface area contributed by atoms with Gasteiger partial charge < -0.3 is 4.57 Å². The van der Waals surface area contributed by atoms with E-state index in [2.05, 4.69) is 48.7 Å². The van der Waals surface area contributed by atoms with Gasteiger partial charge in [0.05, 0.1) is 17.6 Å². The van der Waals surface area contributed by atoms with Crippen molar-refractivity contribution in [3.8, 4) is 0 Å². The van der Waals surface area contributed by atoms with Crippen molar-refractivity contribution in [2.75, 3.05) is 5.88 Å². The largest absolute Gasteiger partial charge is 0.322 e. The van der Waals surface area contributed by atoms with E-state index in [0.29, 0.717) is 5.88 Å². The Morgan fingerprint density at radius 1 is 1.20 bits per heavy atom. The molecule has 3 aromatic rings. The fourth-order valence-electron chi connectivity index (χ4n) is 2.58. The number of para-hydroxylation sites is 1. The number of hydrogen-bond donors (Lipinski definition) is 0. The fraction of sp³-hybridized carbons (Fsp3) is 0.312. The highest BCUT2D eigenvalue weighted by molar-refractivity contribution is 7.11. The highest BCUT2D eigenvalue weighted by atomic mass is 35.5. The molecule has 0 amide bonds. The number of alkyl halides is 1. The lowest BCUT2D eigenvalue weighted by molar-refractivity contribution is 0.762. The average molecular weight is 305 g/mol. The van der Waals surface area contributed by atoms with Crippen LogP contribution in [0.3, 0.4) is 0 Å². The summed E-state index contributed by atoms with van der Waals surface area (Å²) < 4.78 is 2.32. The number of hydrogen-bond acceptors (Lipinski definition) is 2. The molecular formula is C16H17ClN2S. The molecule has 20 heavy (non-hydrogen) atoms. The number of thiophene rings is 1. The summed E-state index contributed by atoms with van der Waals surface area (Å²) in [5.74, 6) is 1.68. The van der Waals surface area contributed by atoms with E-state index in [0.717, 1.165) is 24.3 Å². The van der Waals surface area contributed by atoms with Crippen LogP contribution >= 0.6 is 22.9 Å². The van der Waals surface area contributed by atoms with Gasteiger partial charge in [-0.2, -0.15) is 0 Å². The second-order valence-corrected chi connectivity index (χ2v) is 6.76. The molecule has 1 aromatic carbocycles. The van der Waals surface area contributed by atoms with Gasteiger partial charge in [0, 0.05) is 22.1 Å². The zero-order chi connectivity index (χ0) is 14.1. The molecule has 2 heterocycles. The summed E-state index contributed by atoms with van der Waals surface area (Å²) in [5.41, 5.74) is 3.57. The second-order valence-electron chi connectivity index (χ2n) is 5.01. The average Bonchev–Trinajstić information content (AvgIpc) is 2.96. The lowest BCUT2D eigenvalue weighted by Gasteiger charge is -2.08. The number of aromatic nitrogens is 2. The molecule has 0 fully saturated rings. The summed E-state index contributed by atoms with van der Waals surface area (Å²) in [6, 6.07) is 10.7. The molecule has 0 aliphatic carbocycles. The Balaban J connectivity index is 2.12. The molecule has 0 aliphatic rings. The number of benzene rings is 1.